The van der Waals surface area contributed by atoms with E-state index in [1.807, 2.05) is 31.2 Å². The molecule has 0 bridgehead atoms. The van der Waals surface area contributed by atoms with Gasteiger partial charge < -0.3 is 9.26 Å². The number of ether oxygens (including phenoxy) is 1. The van der Waals surface area contributed by atoms with Gasteiger partial charge in [0.2, 0.25) is 21.7 Å². The summed E-state index contributed by atoms with van der Waals surface area (Å²) in [5.74, 6) is -0.277. The molecule has 27 heavy (non-hydrogen) atoms. The summed E-state index contributed by atoms with van der Waals surface area (Å²) in [5, 5.41) is 3.91. The number of halogens is 1. The average molecular weight is 391 g/mol. The van der Waals surface area contributed by atoms with E-state index in [2.05, 4.69) is 10.1 Å². The lowest BCUT2D eigenvalue weighted by Gasteiger charge is -2.15. The van der Waals surface area contributed by atoms with Crippen molar-refractivity contribution in [1.29, 1.82) is 0 Å². The van der Waals surface area contributed by atoms with Crippen molar-refractivity contribution in [1.82, 2.24) is 14.4 Å². The summed E-state index contributed by atoms with van der Waals surface area (Å²) in [7, 11) is -1.28. The number of aromatic nitrogens is 2. The zero-order chi connectivity index (χ0) is 19.6. The lowest BCUT2D eigenvalue weighted by molar-refractivity contribution is 0.336. The minimum atomic E-state index is -3.94. The van der Waals surface area contributed by atoms with Gasteiger partial charge >= 0.3 is 0 Å². The number of nitrogens with zero attached hydrogens (tertiary/aromatic N) is 3. The molecule has 7 nitrogen and oxygen atoms in total. The second-order valence-corrected chi connectivity index (χ2v) is 7.93. The molecule has 1 heterocycles. The average Bonchev–Trinajstić information content (AvgIpc) is 3.10. The van der Waals surface area contributed by atoms with Gasteiger partial charge in [0.25, 0.3) is 0 Å². The number of benzene rings is 2. The molecule has 0 radical (unpaired) electrons. The molecule has 0 saturated carbocycles. The van der Waals surface area contributed by atoms with Gasteiger partial charge in [-0.25, -0.2) is 12.8 Å². The largest absolute Gasteiger partial charge is 0.494 e. The normalized spacial score (nSPS) is 11.7. The number of methoxy groups -OCH3 is 1. The Bertz CT molecular complexity index is 1070. The van der Waals surface area contributed by atoms with E-state index in [4.69, 9.17) is 9.26 Å². The molecule has 0 atom stereocenters. The smallest absolute Gasteiger partial charge is 0.243 e. The number of aryl methyl sites for hydroxylation is 1. The molecule has 0 amide bonds. The van der Waals surface area contributed by atoms with Gasteiger partial charge in [0, 0.05) is 12.6 Å². The summed E-state index contributed by atoms with van der Waals surface area (Å²) >= 11 is 0. The number of rotatable bonds is 6. The van der Waals surface area contributed by atoms with Crippen molar-refractivity contribution in [3.63, 3.8) is 0 Å². The Morgan fingerprint density at radius 1 is 1.22 bits per heavy atom. The van der Waals surface area contributed by atoms with Crippen LogP contribution in [0.3, 0.4) is 0 Å². The van der Waals surface area contributed by atoms with Crippen LogP contribution in [-0.4, -0.2) is 37.0 Å². The standard InChI is InChI=1S/C18H18FN3O4S/c1-12-6-4-5-7-14(12)18-20-17(26-21-18)11-22(2)27(23,24)13-8-9-16(25-3)15(19)10-13/h4-10H,11H2,1-3H3. The molecular weight excluding hydrogens is 373 g/mol. The summed E-state index contributed by atoms with van der Waals surface area (Å²) in [6.45, 7) is 1.77. The maximum absolute atomic E-state index is 13.9. The van der Waals surface area contributed by atoms with Gasteiger partial charge in [-0.2, -0.15) is 9.29 Å². The van der Waals surface area contributed by atoms with Crippen molar-refractivity contribution in [2.45, 2.75) is 18.4 Å². The highest BCUT2D eigenvalue weighted by atomic mass is 32.2. The summed E-state index contributed by atoms with van der Waals surface area (Å²) in [6.07, 6.45) is 0. The first-order valence-electron chi connectivity index (χ1n) is 8.01. The van der Waals surface area contributed by atoms with Crippen LogP contribution in [0.2, 0.25) is 0 Å². The van der Waals surface area contributed by atoms with Gasteiger partial charge in [0.15, 0.2) is 11.6 Å². The maximum Gasteiger partial charge on any atom is 0.243 e. The van der Waals surface area contributed by atoms with Gasteiger partial charge in [0.05, 0.1) is 18.6 Å². The first kappa shape index (κ1) is 19.0. The van der Waals surface area contributed by atoms with E-state index in [1.165, 1.54) is 26.3 Å². The maximum atomic E-state index is 13.9. The van der Waals surface area contributed by atoms with E-state index in [0.29, 0.717) is 5.82 Å². The molecule has 142 valence electrons. The molecule has 3 aromatic rings. The Hall–Kier alpha value is -2.78. The minimum absolute atomic E-state index is 0.0311. The van der Waals surface area contributed by atoms with Crippen LogP contribution >= 0.6 is 0 Å². The number of hydrogen-bond donors (Lipinski definition) is 0. The van der Waals surface area contributed by atoms with Gasteiger partial charge in [0.1, 0.15) is 0 Å². The topological polar surface area (TPSA) is 85.5 Å². The third-order valence-corrected chi connectivity index (χ3v) is 5.84. The second kappa shape index (κ2) is 7.45. The van der Waals surface area contributed by atoms with Crippen molar-refractivity contribution in [3.8, 4) is 17.1 Å². The molecule has 9 heteroatoms. The second-order valence-electron chi connectivity index (χ2n) is 5.88. The Morgan fingerprint density at radius 3 is 2.63 bits per heavy atom. The zero-order valence-corrected chi connectivity index (χ0v) is 15.8. The lowest BCUT2D eigenvalue weighted by Crippen LogP contribution is -2.26. The van der Waals surface area contributed by atoms with Crippen molar-refractivity contribution < 1.29 is 22.1 Å². The van der Waals surface area contributed by atoms with Crippen LogP contribution in [0.15, 0.2) is 51.9 Å². The van der Waals surface area contributed by atoms with Crippen LogP contribution in [0.1, 0.15) is 11.5 Å². The number of hydrogen-bond acceptors (Lipinski definition) is 6. The van der Waals surface area contributed by atoms with Gasteiger partial charge in [-0.1, -0.05) is 29.4 Å². The third-order valence-electron chi connectivity index (χ3n) is 4.04. The molecule has 1 aromatic heterocycles. The van der Waals surface area contributed by atoms with Crippen molar-refractivity contribution in [2.24, 2.45) is 0 Å². The molecule has 0 saturated heterocycles. The van der Waals surface area contributed by atoms with Crippen LogP contribution < -0.4 is 4.74 Å². The predicted molar refractivity (Wildman–Crippen MR) is 96.1 cm³/mol. The van der Waals surface area contributed by atoms with Crippen molar-refractivity contribution in [3.05, 3.63) is 59.7 Å². The Labute approximate surface area is 156 Å². The van der Waals surface area contributed by atoms with Crippen LogP contribution in [0, 0.1) is 12.7 Å². The quantitative estimate of drug-likeness (QED) is 0.642. The fraction of sp³-hybridized carbons (Fsp3) is 0.222. The Morgan fingerprint density at radius 2 is 1.96 bits per heavy atom. The molecule has 2 aromatic carbocycles. The van der Waals surface area contributed by atoms with Crippen molar-refractivity contribution in [2.75, 3.05) is 14.2 Å². The minimum Gasteiger partial charge on any atom is -0.494 e. The highest BCUT2D eigenvalue weighted by Gasteiger charge is 2.24. The van der Waals surface area contributed by atoms with Crippen LogP contribution in [-0.2, 0) is 16.6 Å². The highest BCUT2D eigenvalue weighted by molar-refractivity contribution is 7.89. The molecule has 0 aliphatic carbocycles. The first-order chi connectivity index (χ1) is 12.8. The van der Waals surface area contributed by atoms with Gasteiger partial charge in [-0.3, -0.25) is 0 Å². The fourth-order valence-electron chi connectivity index (χ4n) is 2.52. The van der Waals surface area contributed by atoms with E-state index in [9.17, 15) is 12.8 Å². The zero-order valence-electron chi connectivity index (χ0n) is 15.0. The van der Waals surface area contributed by atoms with E-state index in [-0.39, 0.29) is 23.1 Å². The summed E-state index contributed by atoms with van der Waals surface area (Å²) in [6, 6.07) is 11.0. The van der Waals surface area contributed by atoms with E-state index >= 15 is 0 Å². The molecule has 3 rings (SSSR count). The van der Waals surface area contributed by atoms with Crippen LogP contribution in [0.4, 0.5) is 4.39 Å². The van der Waals surface area contributed by atoms with Gasteiger partial charge in [-0.05, 0) is 30.7 Å². The monoisotopic (exact) mass is 391 g/mol. The SMILES string of the molecule is COc1ccc(S(=O)(=O)N(C)Cc2nc(-c3ccccc3C)no2)cc1F. The lowest BCUT2D eigenvalue weighted by atomic mass is 10.1. The molecular formula is C18H18FN3O4S. The molecule has 0 aliphatic rings. The molecule has 0 fully saturated rings. The molecule has 0 spiro atoms. The molecule has 0 aliphatic heterocycles. The van der Waals surface area contributed by atoms with E-state index < -0.39 is 15.8 Å². The number of sulfonamides is 1. The van der Waals surface area contributed by atoms with Gasteiger partial charge in [-0.15, -0.1) is 0 Å². The fourth-order valence-corrected chi connectivity index (χ4v) is 3.65. The Kier molecular flexibility index (Phi) is 5.24. The highest BCUT2D eigenvalue weighted by Crippen LogP contribution is 2.24. The van der Waals surface area contributed by atoms with Crippen LogP contribution in [0.5, 0.6) is 5.75 Å². The molecule has 0 N–H and O–H groups in total. The van der Waals surface area contributed by atoms with E-state index in [0.717, 1.165) is 21.5 Å². The predicted octanol–water partition coefficient (Wildman–Crippen LogP) is 3.01. The van der Waals surface area contributed by atoms with Crippen LogP contribution in [0.25, 0.3) is 11.4 Å². The Balaban J connectivity index is 1.82. The first-order valence-corrected chi connectivity index (χ1v) is 9.45. The summed E-state index contributed by atoms with van der Waals surface area (Å²) in [4.78, 5) is 4.06. The van der Waals surface area contributed by atoms with E-state index in [1.54, 1.807) is 0 Å². The summed E-state index contributed by atoms with van der Waals surface area (Å²) in [5.41, 5.74) is 1.77. The third kappa shape index (κ3) is 3.83. The van der Waals surface area contributed by atoms with Crippen molar-refractivity contribution >= 4 is 10.0 Å². The molecule has 0 unspecified atom stereocenters. The summed E-state index contributed by atoms with van der Waals surface area (Å²) < 4.78 is 50.1.